The molecule has 0 amide bonds. The Balaban J connectivity index is 2.16. The molecule has 0 aliphatic rings. The number of anilines is 1. The van der Waals surface area contributed by atoms with Crippen LogP contribution in [0.1, 0.15) is 11.3 Å². The summed E-state index contributed by atoms with van der Waals surface area (Å²) in [6.07, 6.45) is -4.39. The van der Waals surface area contributed by atoms with Crippen LogP contribution >= 0.6 is 0 Å². The molecule has 108 valence electrons. The predicted molar refractivity (Wildman–Crippen MR) is 70.4 cm³/mol. The molecule has 1 aromatic carbocycles. The summed E-state index contributed by atoms with van der Waals surface area (Å²) in [4.78, 5) is 8.12. The lowest BCUT2D eigenvalue weighted by atomic mass is 10.1. The summed E-state index contributed by atoms with van der Waals surface area (Å²) in [6.45, 7) is 1.75. The van der Waals surface area contributed by atoms with Crippen LogP contribution in [0.15, 0.2) is 30.3 Å². The van der Waals surface area contributed by atoms with Crippen LogP contribution in [0.5, 0.6) is 0 Å². The second kappa shape index (κ2) is 4.44. The summed E-state index contributed by atoms with van der Waals surface area (Å²) >= 11 is 0. The molecule has 0 saturated heterocycles. The van der Waals surface area contributed by atoms with Crippen molar-refractivity contribution in [2.75, 3.05) is 5.73 Å². The molecule has 0 aliphatic carbocycles. The molecule has 0 atom stereocenters. The minimum Gasteiger partial charge on any atom is -0.366 e. The number of aryl methyl sites for hydroxylation is 1. The van der Waals surface area contributed by atoms with Crippen molar-refractivity contribution >= 4 is 11.7 Å². The van der Waals surface area contributed by atoms with Gasteiger partial charge in [-0.2, -0.15) is 22.7 Å². The topological polar surface area (TPSA) is 69.1 Å². The second-order valence-electron chi connectivity index (χ2n) is 4.54. The van der Waals surface area contributed by atoms with Crippen molar-refractivity contribution < 1.29 is 13.2 Å². The van der Waals surface area contributed by atoms with E-state index in [1.807, 2.05) is 0 Å². The van der Waals surface area contributed by atoms with Crippen LogP contribution in [0, 0.1) is 6.92 Å². The lowest BCUT2D eigenvalue weighted by molar-refractivity contribution is -0.137. The quantitative estimate of drug-likeness (QED) is 0.749. The van der Waals surface area contributed by atoms with E-state index in [1.54, 1.807) is 19.1 Å². The van der Waals surface area contributed by atoms with Crippen LogP contribution < -0.4 is 5.73 Å². The molecule has 3 rings (SSSR count). The Bertz CT molecular complexity index is 822. The Morgan fingerprint density at radius 1 is 1.14 bits per heavy atom. The largest absolute Gasteiger partial charge is 0.416 e. The van der Waals surface area contributed by atoms with E-state index in [9.17, 15) is 13.2 Å². The Morgan fingerprint density at radius 3 is 2.62 bits per heavy atom. The van der Waals surface area contributed by atoms with Gasteiger partial charge in [0.1, 0.15) is 0 Å². The highest BCUT2D eigenvalue weighted by atomic mass is 19.4. The van der Waals surface area contributed by atoms with Crippen molar-refractivity contribution in [2.24, 2.45) is 0 Å². The SMILES string of the molecule is Cc1cc(-c2cccc(C(F)(F)F)c2)nc2nc(N)nn12. The standard InChI is InChI=1S/C13H10F3N5/c1-7-5-10(18-12-19-11(17)20-21(7)12)8-3-2-4-9(6-8)13(14,15)16/h2-6H,1H3,(H2,17,20). The van der Waals surface area contributed by atoms with E-state index in [0.29, 0.717) is 17.0 Å². The van der Waals surface area contributed by atoms with Crippen LogP contribution in [0.25, 0.3) is 17.0 Å². The summed E-state index contributed by atoms with van der Waals surface area (Å²) in [7, 11) is 0. The molecular weight excluding hydrogens is 283 g/mol. The van der Waals surface area contributed by atoms with E-state index in [2.05, 4.69) is 15.1 Å². The highest BCUT2D eigenvalue weighted by Crippen LogP contribution is 2.31. The molecule has 8 heteroatoms. The van der Waals surface area contributed by atoms with E-state index in [0.717, 1.165) is 12.1 Å². The molecular formula is C13H10F3N5. The number of hydrogen-bond acceptors (Lipinski definition) is 4. The van der Waals surface area contributed by atoms with Crippen LogP contribution in [0.4, 0.5) is 19.1 Å². The number of nitrogen functional groups attached to an aromatic ring is 1. The zero-order valence-electron chi connectivity index (χ0n) is 10.9. The van der Waals surface area contributed by atoms with Crippen LogP contribution in [0.2, 0.25) is 0 Å². The average Bonchev–Trinajstić information content (AvgIpc) is 2.79. The normalized spacial score (nSPS) is 12.0. The minimum atomic E-state index is -4.39. The van der Waals surface area contributed by atoms with Gasteiger partial charge in [-0.15, -0.1) is 5.10 Å². The molecule has 2 N–H and O–H groups in total. The number of fused-ring (bicyclic) bond motifs is 1. The molecule has 0 unspecified atom stereocenters. The summed E-state index contributed by atoms with van der Waals surface area (Å²) in [5.41, 5.74) is 6.20. The number of nitrogens with zero attached hydrogens (tertiary/aromatic N) is 4. The lowest BCUT2D eigenvalue weighted by Gasteiger charge is -2.09. The molecule has 21 heavy (non-hydrogen) atoms. The Labute approximate surface area is 117 Å². The third-order valence-corrected chi connectivity index (χ3v) is 2.99. The van der Waals surface area contributed by atoms with Gasteiger partial charge < -0.3 is 5.73 Å². The second-order valence-corrected chi connectivity index (χ2v) is 4.54. The van der Waals surface area contributed by atoms with Gasteiger partial charge in [0.25, 0.3) is 5.78 Å². The van der Waals surface area contributed by atoms with Crippen LogP contribution in [-0.4, -0.2) is 19.6 Å². The van der Waals surface area contributed by atoms with Gasteiger partial charge in [-0.3, -0.25) is 0 Å². The fourth-order valence-corrected chi connectivity index (χ4v) is 2.03. The first-order chi connectivity index (χ1) is 9.84. The van der Waals surface area contributed by atoms with Gasteiger partial charge in [0.2, 0.25) is 5.95 Å². The number of hydrogen-bond donors (Lipinski definition) is 1. The highest BCUT2D eigenvalue weighted by Gasteiger charge is 2.30. The van der Waals surface area contributed by atoms with Crippen molar-refractivity contribution in [3.8, 4) is 11.3 Å². The predicted octanol–water partition coefficient (Wildman–Crippen LogP) is 2.70. The maximum Gasteiger partial charge on any atom is 0.416 e. The zero-order chi connectivity index (χ0) is 15.2. The smallest absolute Gasteiger partial charge is 0.366 e. The van der Waals surface area contributed by atoms with Crippen LogP contribution in [0.3, 0.4) is 0 Å². The fourth-order valence-electron chi connectivity index (χ4n) is 2.03. The van der Waals surface area contributed by atoms with Gasteiger partial charge >= 0.3 is 6.18 Å². The number of aromatic nitrogens is 4. The van der Waals surface area contributed by atoms with E-state index >= 15 is 0 Å². The summed E-state index contributed by atoms with van der Waals surface area (Å²) in [6, 6.07) is 6.61. The van der Waals surface area contributed by atoms with E-state index in [-0.39, 0.29) is 11.7 Å². The molecule has 0 fully saturated rings. The lowest BCUT2D eigenvalue weighted by Crippen LogP contribution is -2.05. The molecule has 2 heterocycles. The van der Waals surface area contributed by atoms with E-state index < -0.39 is 11.7 Å². The number of halogens is 3. The van der Waals surface area contributed by atoms with Crippen molar-refractivity contribution in [3.63, 3.8) is 0 Å². The third kappa shape index (κ3) is 2.39. The first-order valence-electron chi connectivity index (χ1n) is 6.02. The highest BCUT2D eigenvalue weighted by molar-refractivity contribution is 5.62. The molecule has 0 spiro atoms. The molecule has 5 nitrogen and oxygen atoms in total. The number of rotatable bonds is 1. The molecule has 0 radical (unpaired) electrons. The van der Waals surface area contributed by atoms with Crippen molar-refractivity contribution in [1.29, 1.82) is 0 Å². The van der Waals surface area contributed by atoms with Gasteiger partial charge in [-0.1, -0.05) is 12.1 Å². The number of benzene rings is 1. The van der Waals surface area contributed by atoms with Gasteiger partial charge in [0, 0.05) is 11.3 Å². The van der Waals surface area contributed by atoms with Crippen LogP contribution in [-0.2, 0) is 6.18 Å². The average molecular weight is 293 g/mol. The fraction of sp³-hybridized carbons (Fsp3) is 0.154. The monoisotopic (exact) mass is 293 g/mol. The van der Waals surface area contributed by atoms with Gasteiger partial charge in [-0.05, 0) is 25.1 Å². The Kier molecular flexibility index (Phi) is 2.82. The summed E-state index contributed by atoms with van der Waals surface area (Å²) in [5.74, 6) is 0.312. The van der Waals surface area contributed by atoms with E-state index in [4.69, 9.17) is 5.73 Å². The maximum atomic E-state index is 12.8. The molecule has 3 aromatic rings. The molecule has 2 aromatic heterocycles. The van der Waals surface area contributed by atoms with E-state index in [1.165, 1.54) is 10.6 Å². The molecule has 0 saturated carbocycles. The third-order valence-electron chi connectivity index (χ3n) is 2.99. The maximum absolute atomic E-state index is 12.8. The van der Waals surface area contributed by atoms with Gasteiger partial charge in [0.05, 0.1) is 11.3 Å². The molecule has 0 aliphatic heterocycles. The number of nitrogens with two attached hydrogens (primary N) is 1. The minimum absolute atomic E-state index is 0.0618. The summed E-state index contributed by atoms with van der Waals surface area (Å²) < 4.78 is 39.7. The van der Waals surface area contributed by atoms with Gasteiger partial charge in [-0.25, -0.2) is 4.98 Å². The van der Waals surface area contributed by atoms with Gasteiger partial charge in [0.15, 0.2) is 0 Å². The van der Waals surface area contributed by atoms with Crippen molar-refractivity contribution in [3.05, 3.63) is 41.6 Å². The summed E-state index contributed by atoms with van der Waals surface area (Å²) in [5, 5.41) is 3.95. The zero-order valence-corrected chi connectivity index (χ0v) is 10.9. The first-order valence-corrected chi connectivity index (χ1v) is 6.02. The van der Waals surface area contributed by atoms with Crippen molar-refractivity contribution in [2.45, 2.75) is 13.1 Å². The first kappa shape index (κ1) is 13.3. The Morgan fingerprint density at radius 2 is 1.90 bits per heavy atom. The van der Waals surface area contributed by atoms with Crippen molar-refractivity contribution in [1.82, 2.24) is 19.6 Å². The molecule has 0 bridgehead atoms. The number of alkyl halides is 3. The Hall–Kier alpha value is -2.64.